The van der Waals surface area contributed by atoms with Gasteiger partial charge in [0, 0.05) is 77.6 Å². The van der Waals surface area contributed by atoms with Crippen LogP contribution in [0.1, 0.15) is 143 Å². The first-order chi connectivity index (χ1) is 35.2. The number of ketones is 2. The molecule has 398 valence electrons. The number of aliphatic hydroxyl groups is 1. The number of aryl methyl sites for hydroxylation is 2. The predicted octanol–water partition coefficient (Wildman–Crippen LogP) is 13.3. The third kappa shape index (κ3) is 14.6. The molecular weight excluding hydrogens is 976 g/mol. The maximum atomic E-state index is 13.3. The fourth-order valence-electron chi connectivity index (χ4n) is 12.1. The van der Waals surface area contributed by atoms with Crippen LogP contribution in [0.2, 0.25) is 10.0 Å². The van der Waals surface area contributed by atoms with Crippen LogP contribution < -0.4 is 9.47 Å². The minimum Gasteiger partial charge on any atom is -0.489 e. The molecule has 1 N–H and O–H groups in total. The maximum Gasteiger partial charge on any atom is 0.163 e. The molecule has 1 heterocycles. The monoisotopic (exact) mass is 1050 g/mol. The first kappa shape index (κ1) is 58.4. The maximum absolute atomic E-state index is 13.3. The summed E-state index contributed by atoms with van der Waals surface area (Å²) in [6.45, 7) is 20.9. The zero-order valence-electron chi connectivity index (χ0n) is 44.6. The van der Waals surface area contributed by atoms with E-state index in [1.54, 1.807) is 36.4 Å². The number of carbonyl (C=O) groups is 2. The standard InChI is InChI=1S/C33H42ClNO5.C28H34ClNO4/c1-32(2)29(33(3,4)31(32)40-26-15-14-25(22-35)27(34)20-26)21-28(36)24-12-10-23(11-13-24)8-7-16-37-18-19-39-30-9-5-6-17-38-30;1-27(2)25(28(3,4)26(27)34-22-12-11-21(18-30)23(29)16-22)17-24(32)20-9-7-19(8-10-20)6-5-14-33-15-13-31/h10-15,20,29-31H,5-9,16-19,21H2,1-4H3;7-12,16,25-26,31H,5-6,13-15,17H2,1-4H3. The van der Waals surface area contributed by atoms with Crippen LogP contribution in [0, 0.1) is 56.2 Å². The van der Waals surface area contributed by atoms with Crippen LogP contribution in [0.25, 0.3) is 0 Å². The number of carbonyl (C=O) groups excluding carboxylic acids is 2. The molecule has 4 aromatic carbocycles. The number of ether oxygens (including phenoxy) is 6. The highest BCUT2D eigenvalue weighted by Gasteiger charge is 2.64. The van der Waals surface area contributed by atoms with E-state index in [1.807, 2.05) is 48.5 Å². The summed E-state index contributed by atoms with van der Waals surface area (Å²) in [5, 5.41) is 27.7. The Bertz CT molecular complexity index is 2540. The Morgan fingerprint density at radius 1 is 0.608 bits per heavy atom. The third-order valence-corrected chi connectivity index (χ3v) is 16.3. The molecule has 2 aliphatic carbocycles. The third-order valence-electron chi connectivity index (χ3n) is 15.7. The van der Waals surface area contributed by atoms with Crippen LogP contribution in [-0.2, 0) is 31.8 Å². The highest BCUT2D eigenvalue weighted by Crippen LogP contribution is 2.63. The summed E-state index contributed by atoms with van der Waals surface area (Å²) >= 11 is 12.4. The average Bonchev–Trinajstić information content (AvgIpc) is 3.38. The first-order valence-electron chi connectivity index (χ1n) is 26.2. The highest BCUT2D eigenvalue weighted by atomic mass is 35.5. The molecule has 11 nitrogen and oxygen atoms in total. The summed E-state index contributed by atoms with van der Waals surface area (Å²) in [5.41, 5.74) is 3.89. The summed E-state index contributed by atoms with van der Waals surface area (Å²) in [6, 6.07) is 30.3. The topological polar surface area (TPSA) is 157 Å². The molecule has 4 aromatic rings. The second-order valence-corrected chi connectivity index (χ2v) is 23.2. The molecule has 3 aliphatic rings. The van der Waals surface area contributed by atoms with Crippen LogP contribution in [0.4, 0.5) is 0 Å². The van der Waals surface area contributed by atoms with Crippen LogP contribution in [0.15, 0.2) is 84.9 Å². The zero-order chi connectivity index (χ0) is 53.7. The number of nitrogens with zero attached hydrogens (tertiary/aromatic N) is 2. The molecule has 7 rings (SSSR count). The quantitative estimate of drug-likeness (QED) is 0.0526. The lowest BCUT2D eigenvalue weighted by molar-refractivity contribution is -0.196. The van der Waals surface area contributed by atoms with E-state index in [0.717, 1.165) is 56.3 Å². The molecule has 0 radical (unpaired) electrons. The lowest BCUT2D eigenvalue weighted by Gasteiger charge is -2.63. The molecular formula is C61H76Cl2N2O9. The number of halogens is 2. The number of nitriles is 2. The van der Waals surface area contributed by atoms with Gasteiger partial charge in [0.05, 0.1) is 47.6 Å². The highest BCUT2D eigenvalue weighted by molar-refractivity contribution is 6.32. The molecule has 0 aromatic heterocycles. The minimum absolute atomic E-state index is 0.0437. The van der Waals surface area contributed by atoms with Crippen molar-refractivity contribution in [1.29, 1.82) is 10.5 Å². The van der Waals surface area contributed by atoms with Gasteiger partial charge < -0.3 is 33.5 Å². The molecule has 0 spiro atoms. The second-order valence-electron chi connectivity index (χ2n) is 22.4. The predicted molar refractivity (Wildman–Crippen MR) is 289 cm³/mol. The molecule has 13 heteroatoms. The number of Topliss-reactive ketones (excluding diaryl/α,β-unsaturated/α-hetero) is 2. The van der Waals surface area contributed by atoms with Crippen molar-refractivity contribution in [3.63, 3.8) is 0 Å². The minimum atomic E-state index is -0.200. The molecule has 2 saturated carbocycles. The number of rotatable bonds is 24. The van der Waals surface area contributed by atoms with Gasteiger partial charge in [0.25, 0.3) is 0 Å². The Labute approximate surface area is 449 Å². The molecule has 1 aliphatic heterocycles. The van der Waals surface area contributed by atoms with Crippen LogP contribution in [0.3, 0.4) is 0 Å². The van der Waals surface area contributed by atoms with E-state index in [0.29, 0.717) is 78.5 Å². The van der Waals surface area contributed by atoms with E-state index in [2.05, 4.69) is 67.5 Å². The van der Waals surface area contributed by atoms with Crippen LogP contribution in [-0.4, -0.2) is 81.4 Å². The van der Waals surface area contributed by atoms with E-state index < -0.39 is 0 Å². The lowest BCUT2D eigenvalue weighted by atomic mass is 9.44. The second kappa shape index (κ2) is 26.3. The van der Waals surface area contributed by atoms with Gasteiger partial charge in [-0.05, 0) is 92.2 Å². The van der Waals surface area contributed by atoms with E-state index in [-0.39, 0.29) is 70.2 Å². The van der Waals surface area contributed by atoms with Crippen molar-refractivity contribution in [2.24, 2.45) is 33.5 Å². The van der Waals surface area contributed by atoms with Gasteiger partial charge in [-0.1, -0.05) is 127 Å². The van der Waals surface area contributed by atoms with Gasteiger partial charge in [-0.3, -0.25) is 9.59 Å². The number of hydrogen-bond donors (Lipinski definition) is 1. The molecule has 1 atom stereocenters. The van der Waals surface area contributed by atoms with Crippen LogP contribution >= 0.6 is 23.2 Å². The Balaban J connectivity index is 0.000000244. The van der Waals surface area contributed by atoms with Gasteiger partial charge in [-0.25, -0.2) is 0 Å². The normalized spacial score (nSPS) is 21.8. The lowest BCUT2D eigenvalue weighted by Crippen LogP contribution is -2.66. The molecule has 74 heavy (non-hydrogen) atoms. The van der Waals surface area contributed by atoms with Crippen molar-refractivity contribution < 1.29 is 43.1 Å². The summed E-state index contributed by atoms with van der Waals surface area (Å²) in [4.78, 5) is 26.4. The number of benzene rings is 4. The van der Waals surface area contributed by atoms with Gasteiger partial charge in [-0.15, -0.1) is 0 Å². The fourth-order valence-corrected chi connectivity index (χ4v) is 12.5. The molecule has 1 unspecified atom stereocenters. The van der Waals surface area contributed by atoms with Crippen LogP contribution in [0.5, 0.6) is 11.5 Å². The van der Waals surface area contributed by atoms with E-state index in [9.17, 15) is 9.59 Å². The van der Waals surface area contributed by atoms with Gasteiger partial charge in [0.2, 0.25) is 0 Å². The van der Waals surface area contributed by atoms with E-state index in [4.69, 9.17) is 67.3 Å². The summed E-state index contributed by atoms with van der Waals surface area (Å²) < 4.78 is 34.9. The molecule has 1 saturated heterocycles. The fraction of sp³-hybridized carbons (Fsp3) is 0.541. The smallest absolute Gasteiger partial charge is 0.163 e. The zero-order valence-corrected chi connectivity index (χ0v) is 46.2. The Hall–Kier alpha value is -4.82. The molecule has 3 fully saturated rings. The Kier molecular flexibility index (Phi) is 20.8. The van der Waals surface area contributed by atoms with Gasteiger partial charge in [0.15, 0.2) is 17.9 Å². The van der Waals surface area contributed by atoms with Crippen molar-refractivity contribution in [2.45, 2.75) is 132 Å². The first-order valence-corrected chi connectivity index (χ1v) is 27.0. The van der Waals surface area contributed by atoms with Crippen molar-refractivity contribution in [1.82, 2.24) is 0 Å². The summed E-state index contributed by atoms with van der Waals surface area (Å²) in [7, 11) is 0. The Morgan fingerprint density at radius 2 is 1.04 bits per heavy atom. The number of hydrogen-bond acceptors (Lipinski definition) is 11. The Morgan fingerprint density at radius 3 is 1.42 bits per heavy atom. The SMILES string of the molecule is CC1(C)C(CC(=O)c2ccc(CCCOCCO)cc2)C(C)(C)C1Oc1ccc(C#N)c(Cl)c1.CC1(C)C(CC(=O)c2ccc(CCCOCCOC3CCCCO3)cc2)C(C)(C)C1Oc1ccc(C#N)c(Cl)c1. The van der Waals surface area contributed by atoms with E-state index >= 15 is 0 Å². The molecule has 0 bridgehead atoms. The van der Waals surface area contributed by atoms with Crippen molar-refractivity contribution in [3.05, 3.63) is 128 Å². The van der Waals surface area contributed by atoms with Crippen molar-refractivity contribution in [2.75, 3.05) is 46.2 Å². The molecule has 0 amide bonds. The number of aliphatic hydroxyl groups excluding tert-OH is 1. The van der Waals surface area contributed by atoms with E-state index in [1.165, 1.54) is 17.5 Å². The average molecular weight is 1050 g/mol. The summed E-state index contributed by atoms with van der Waals surface area (Å²) in [5.74, 6) is 1.90. The van der Waals surface area contributed by atoms with Gasteiger partial charge in [0.1, 0.15) is 35.8 Å². The van der Waals surface area contributed by atoms with Crippen molar-refractivity contribution in [3.8, 4) is 23.6 Å². The summed E-state index contributed by atoms with van der Waals surface area (Å²) in [6.07, 6.45) is 7.53. The van der Waals surface area contributed by atoms with Gasteiger partial charge >= 0.3 is 0 Å². The van der Waals surface area contributed by atoms with Crippen molar-refractivity contribution >= 4 is 34.8 Å². The van der Waals surface area contributed by atoms with Gasteiger partial charge in [-0.2, -0.15) is 10.5 Å². The largest absolute Gasteiger partial charge is 0.489 e.